The average molecular weight is 232 g/mol. The molecule has 0 amide bonds. The zero-order valence-electron chi connectivity index (χ0n) is 10.8. The van der Waals surface area contributed by atoms with Crippen molar-refractivity contribution in [1.29, 1.82) is 0 Å². The Morgan fingerprint density at radius 2 is 1.81 bits per heavy atom. The highest BCUT2D eigenvalue weighted by atomic mass is 16.6. The highest BCUT2D eigenvalue weighted by Gasteiger charge is 2.10. The molecule has 0 aliphatic carbocycles. The zero-order chi connectivity index (χ0) is 12.4. The number of hydrogen-bond donors (Lipinski definition) is 0. The molecule has 4 heteroatoms. The summed E-state index contributed by atoms with van der Waals surface area (Å²) in [5, 5.41) is 0. The lowest BCUT2D eigenvalue weighted by Gasteiger charge is -2.17. The van der Waals surface area contributed by atoms with Crippen LogP contribution in [0.5, 0.6) is 0 Å². The third-order valence-electron chi connectivity index (χ3n) is 1.96. The summed E-state index contributed by atoms with van der Waals surface area (Å²) in [7, 11) is 0. The van der Waals surface area contributed by atoms with E-state index in [1.54, 1.807) is 0 Å². The molecule has 0 saturated carbocycles. The van der Waals surface area contributed by atoms with Gasteiger partial charge in [0.1, 0.15) is 6.10 Å². The van der Waals surface area contributed by atoms with E-state index >= 15 is 0 Å². The second-order valence-electron chi connectivity index (χ2n) is 3.85. The lowest BCUT2D eigenvalue weighted by atomic mass is 10.3. The second-order valence-corrected chi connectivity index (χ2v) is 3.85. The first-order valence-corrected chi connectivity index (χ1v) is 5.98. The standard InChI is InChI=1S/C12H24O4/c1-5-7-12(13)16-11(4)9-15-10(3)8-14-6-2/h10-11H,5-9H2,1-4H3. The summed E-state index contributed by atoms with van der Waals surface area (Å²) in [5.41, 5.74) is 0. The van der Waals surface area contributed by atoms with Crippen LogP contribution in [0.15, 0.2) is 0 Å². The van der Waals surface area contributed by atoms with E-state index in [4.69, 9.17) is 14.2 Å². The largest absolute Gasteiger partial charge is 0.460 e. The van der Waals surface area contributed by atoms with Gasteiger partial charge >= 0.3 is 5.97 Å². The quantitative estimate of drug-likeness (QED) is 0.571. The van der Waals surface area contributed by atoms with Gasteiger partial charge in [-0.2, -0.15) is 0 Å². The van der Waals surface area contributed by atoms with Gasteiger partial charge in [0.2, 0.25) is 0 Å². The van der Waals surface area contributed by atoms with E-state index in [0.29, 0.717) is 26.2 Å². The first-order valence-electron chi connectivity index (χ1n) is 5.98. The number of hydrogen-bond acceptors (Lipinski definition) is 4. The van der Waals surface area contributed by atoms with Gasteiger partial charge in [-0.15, -0.1) is 0 Å². The van der Waals surface area contributed by atoms with Crippen molar-refractivity contribution in [2.45, 2.75) is 52.7 Å². The fraction of sp³-hybridized carbons (Fsp3) is 0.917. The summed E-state index contributed by atoms with van der Waals surface area (Å²) in [4.78, 5) is 11.2. The lowest BCUT2D eigenvalue weighted by molar-refractivity contribution is -0.152. The molecule has 0 fully saturated rings. The van der Waals surface area contributed by atoms with E-state index in [-0.39, 0.29) is 18.2 Å². The van der Waals surface area contributed by atoms with Crippen LogP contribution in [0.25, 0.3) is 0 Å². The van der Waals surface area contributed by atoms with E-state index < -0.39 is 0 Å². The van der Waals surface area contributed by atoms with Crippen molar-refractivity contribution in [2.75, 3.05) is 19.8 Å². The SMILES string of the molecule is CCCC(=O)OC(C)COC(C)COCC. The normalized spacial score (nSPS) is 14.5. The van der Waals surface area contributed by atoms with Crippen LogP contribution in [0.3, 0.4) is 0 Å². The molecule has 4 nitrogen and oxygen atoms in total. The molecule has 0 N–H and O–H groups in total. The summed E-state index contributed by atoms with van der Waals surface area (Å²) < 4.78 is 15.8. The van der Waals surface area contributed by atoms with Crippen molar-refractivity contribution in [1.82, 2.24) is 0 Å². The monoisotopic (exact) mass is 232 g/mol. The third-order valence-corrected chi connectivity index (χ3v) is 1.96. The Balaban J connectivity index is 3.55. The summed E-state index contributed by atoms with van der Waals surface area (Å²) in [6.07, 6.45) is 1.13. The summed E-state index contributed by atoms with van der Waals surface area (Å²) in [5.74, 6) is -0.156. The van der Waals surface area contributed by atoms with E-state index in [0.717, 1.165) is 6.42 Å². The maximum Gasteiger partial charge on any atom is 0.306 e. The fourth-order valence-corrected chi connectivity index (χ4v) is 1.15. The lowest BCUT2D eigenvalue weighted by Crippen LogP contribution is -2.25. The summed E-state index contributed by atoms with van der Waals surface area (Å²) in [6.45, 7) is 9.36. The molecule has 16 heavy (non-hydrogen) atoms. The molecule has 0 aliphatic heterocycles. The highest BCUT2D eigenvalue weighted by Crippen LogP contribution is 2.00. The van der Waals surface area contributed by atoms with Gasteiger partial charge < -0.3 is 14.2 Å². The Bertz CT molecular complexity index is 182. The zero-order valence-corrected chi connectivity index (χ0v) is 10.8. The molecule has 0 saturated heterocycles. The Labute approximate surface area is 98.3 Å². The maximum atomic E-state index is 11.2. The van der Waals surface area contributed by atoms with Crippen LogP contribution in [-0.4, -0.2) is 38.0 Å². The minimum atomic E-state index is -0.192. The molecule has 0 radical (unpaired) electrons. The van der Waals surface area contributed by atoms with Crippen LogP contribution in [0, 0.1) is 0 Å². The Morgan fingerprint density at radius 1 is 1.12 bits per heavy atom. The average Bonchev–Trinajstić information content (AvgIpc) is 2.23. The van der Waals surface area contributed by atoms with Gasteiger partial charge in [-0.25, -0.2) is 0 Å². The summed E-state index contributed by atoms with van der Waals surface area (Å²) >= 11 is 0. The molecule has 0 aliphatic rings. The van der Waals surface area contributed by atoms with Crippen LogP contribution in [0.4, 0.5) is 0 Å². The number of ether oxygens (including phenoxy) is 3. The van der Waals surface area contributed by atoms with Gasteiger partial charge in [-0.1, -0.05) is 6.92 Å². The van der Waals surface area contributed by atoms with Gasteiger partial charge in [0.05, 0.1) is 19.3 Å². The third kappa shape index (κ3) is 8.68. The van der Waals surface area contributed by atoms with Gasteiger partial charge in [0, 0.05) is 13.0 Å². The van der Waals surface area contributed by atoms with E-state index in [1.807, 2.05) is 27.7 Å². The molecular weight excluding hydrogens is 208 g/mol. The Hall–Kier alpha value is -0.610. The van der Waals surface area contributed by atoms with Gasteiger partial charge in [0.25, 0.3) is 0 Å². The molecule has 0 aromatic heterocycles. The molecule has 0 aromatic rings. The predicted octanol–water partition coefficient (Wildman–Crippen LogP) is 2.16. The molecular formula is C12H24O4. The number of carbonyl (C=O) groups excluding carboxylic acids is 1. The first kappa shape index (κ1) is 15.4. The minimum absolute atomic E-state index is 0.0345. The molecule has 2 atom stereocenters. The van der Waals surface area contributed by atoms with E-state index in [9.17, 15) is 4.79 Å². The highest BCUT2D eigenvalue weighted by molar-refractivity contribution is 5.69. The van der Waals surface area contributed by atoms with Crippen LogP contribution in [-0.2, 0) is 19.0 Å². The van der Waals surface area contributed by atoms with Crippen molar-refractivity contribution in [3.8, 4) is 0 Å². The summed E-state index contributed by atoms with van der Waals surface area (Å²) in [6, 6.07) is 0. The van der Waals surface area contributed by atoms with Crippen LogP contribution in [0.2, 0.25) is 0 Å². The van der Waals surface area contributed by atoms with Crippen molar-refractivity contribution in [2.24, 2.45) is 0 Å². The molecule has 0 rings (SSSR count). The van der Waals surface area contributed by atoms with E-state index in [2.05, 4.69) is 0 Å². The Kier molecular flexibility index (Phi) is 9.24. The smallest absolute Gasteiger partial charge is 0.306 e. The van der Waals surface area contributed by atoms with Crippen LogP contribution < -0.4 is 0 Å². The second kappa shape index (κ2) is 9.60. The van der Waals surface area contributed by atoms with E-state index in [1.165, 1.54) is 0 Å². The van der Waals surface area contributed by atoms with Gasteiger partial charge in [0.15, 0.2) is 0 Å². The number of esters is 1. The topological polar surface area (TPSA) is 44.8 Å². The predicted molar refractivity (Wildman–Crippen MR) is 62.4 cm³/mol. The van der Waals surface area contributed by atoms with Crippen LogP contribution in [0.1, 0.15) is 40.5 Å². The maximum absolute atomic E-state index is 11.2. The van der Waals surface area contributed by atoms with Crippen molar-refractivity contribution >= 4 is 5.97 Å². The molecule has 0 bridgehead atoms. The molecule has 2 unspecified atom stereocenters. The first-order chi connectivity index (χ1) is 7.60. The van der Waals surface area contributed by atoms with Crippen molar-refractivity contribution in [3.63, 3.8) is 0 Å². The van der Waals surface area contributed by atoms with Crippen molar-refractivity contribution < 1.29 is 19.0 Å². The van der Waals surface area contributed by atoms with Gasteiger partial charge in [-0.05, 0) is 27.2 Å². The Morgan fingerprint density at radius 3 is 2.38 bits per heavy atom. The van der Waals surface area contributed by atoms with Crippen molar-refractivity contribution in [3.05, 3.63) is 0 Å². The molecule has 96 valence electrons. The number of carbonyl (C=O) groups is 1. The minimum Gasteiger partial charge on any atom is -0.460 e. The number of rotatable bonds is 9. The van der Waals surface area contributed by atoms with Crippen LogP contribution >= 0.6 is 0 Å². The fourth-order valence-electron chi connectivity index (χ4n) is 1.15. The van der Waals surface area contributed by atoms with Gasteiger partial charge in [-0.3, -0.25) is 4.79 Å². The molecule has 0 aromatic carbocycles. The molecule has 0 spiro atoms. The molecule has 0 heterocycles.